The Morgan fingerprint density at radius 2 is 2.00 bits per heavy atom. The molecule has 8 nitrogen and oxygen atoms in total. The summed E-state index contributed by atoms with van der Waals surface area (Å²) in [6.45, 7) is 1.95. The van der Waals surface area contributed by atoms with E-state index in [-0.39, 0.29) is 16.6 Å². The van der Waals surface area contributed by atoms with Crippen LogP contribution in [0.15, 0.2) is 23.1 Å². The van der Waals surface area contributed by atoms with E-state index in [1.165, 1.54) is 12.1 Å². The lowest BCUT2D eigenvalue weighted by Crippen LogP contribution is -2.42. The second-order valence-corrected chi connectivity index (χ2v) is 7.93. The van der Waals surface area contributed by atoms with Crippen molar-refractivity contribution in [2.45, 2.75) is 55.6 Å². The van der Waals surface area contributed by atoms with E-state index in [0.29, 0.717) is 24.9 Å². The van der Waals surface area contributed by atoms with E-state index in [0.717, 1.165) is 18.9 Å². The Balaban J connectivity index is 2.30. The largest absolute Gasteiger partial charge is 0.390 e. The van der Waals surface area contributed by atoms with Crippen molar-refractivity contribution in [1.29, 1.82) is 0 Å². The summed E-state index contributed by atoms with van der Waals surface area (Å²) in [7, 11) is -2.25. The molecule has 0 saturated heterocycles. The fraction of sp³-hybridized carbons (Fsp3) is 0.600. The van der Waals surface area contributed by atoms with E-state index >= 15 is 0 Å². The highest BCUT2D eigenvalue weighted by Gasteiger charge is 2.34. The quantitative estimate of drug-likeness (QED) is 0.610. The molecule has 0 unspecified atom stereocenters. The summed E-state index contributed by atoms with van der Waals surface area (Å²) in [5, 5.41) is 26.7. The average molecular weight is 357 g/mol. The molecule has 0 spiro atoms. The lowest BCUT2D eigenvalue weighted by Gasteiger charge is -2.39. The number of aliphatic hydroxyl groups is 1. The topological polar surface area (TPSA) is 127 Å². The Morgan fingerprint density at radius 1 is 1.42 bits per heavy atom. The lowest BCUT2D eigenvalue weighted by atomic mass is 9.80. The third kappa shape index (κ3) is 3.85. The minimum absolute atomic E-state index is 0.0517. The Hall–Kier alpha value is -1.71. The van der Waals surface area contributed by atoms with Crippen LogP contribution < -0.4 is 10.0 Å². The molecule has 0 atom stereocenters. The Labute approximate surface area is 141 Å². The summed E-state index contributed by atoms with van der Waals surface area (Å²) >= 11 is 0. The van der Waals surface area contributed by atoms with Gasteiger partial charge in [-0.1, -0.05) is 6.92 Å². The van der Waals surface area contributed by atoms with Crippen LogP contribution >= 0.6 is 0 Å². The summed E-state index contributed by atoms with van der Waals surface area (Å²) in [6.07, 6.45) is 3.40. The van der Waals surface area contributed by atoms with Crippen LogP contribution in [0.2, 0.25) is 0 Å². The van der Waals surface area contributed by atoms with Gasteiger partial charge in [0.1, 0.15) is 5.69 Å². The molecule has 0 bridgehead atoms. The standard InChI is InChI=1S/C15H23N3O5S/c1-3-15(19)8-6-11(7-9-15)17(2)13-5-4-12(24(16,22)23)10-14(13)18(20)21/h4-5,10-11,19H,3,6-9H2,1-2H3,(H2,16,22,23). The molecule has 24 heavy (non-hydrogen) atoms. The molecule has 1 saturated carbocycles. The van der Waals surface area contributed by atoms with Crippen molar-refractivity contribution in [3.8, 4) is 0 Å². The van der Waals surface area contributed by atoms with Crippen LogP contribution in [-0.4, -0.2) is 37.1 Å². The highest BCUT2D eigenvalue weighted by atomic mass is 32.2. The monoisotopic (exact) mass is 357 g/mol. The number of nitro benzene ring substituents is 1. The predicted octanol–water partition coefficient (Wildman–Crippen LogP) is 1.76. The summed E-state index contributed by atoms with van der Waals surface area (Å²) < 4.78 is 22.8. The van der Waals surface area contributed by atoms with E-state index in [2.05, 4.69) is 0 Å². The highest BCUT2D eigenvalue weighted by Crippen LogP contribution is 2.37. The second-order valence-electron chi connectivity index (χ2n) is 6.37. The van der Waals surface area contributed by atoms with Crippen molar-refractivity contribution in [2.75, 3.05) is 11.9 Å². The van der Waals surface area contributed by atoms with Gasteiger partial charge in [-0.2, -0.15) is 0 Å². The Morgan fingerprint density at radius 3 is 2.46 bits per heavy atom. The molecule has 0 aromatic heterocycles. The number of nitrogens with zero attached hydrogens (tertiary/aromatic N) is 2. The average Bonchev–Trinajstić information content (AvgIpc) is 2.53. The fourth-order valence-electron chi connectivity index (χ4n) is 3.20. The summed E-state index contributed by atoms with van der Waals surface area (Å²) in [5.74, 6) is 0. The van der Waals surface area contributed by atoms with Gasteiger partial charge in [0.05, 0.1) is 15.4 Å². The van der Waals surface area contributed by atoms with E-state index in [1.54, 1.807) is 11.9 Å². The van der Waals surface area contributed by atoms with Gasteiger partial charge in [0.2, 0.25) is 10.0 Å². The number of nitro groups is 1. The number of hydrogen-bond acceptors (Lipinski definition) is 6. The van der Waals surface area contributed by atoms with E-state index < -0.39 is 20.5 Å². The molecule has 0 aliphatic heterocycles. The third-order valence-electron chi connectivity index (χ3n) is 4.94. The number of nitrogens with two attached hydrogens (primary N) is 1. The molecule has 2 rings (SSSR count). The fourth-order valence-corrected chi connectivity index (χ4v) is 3.74. The third-order valence-corrected chi connectivity index (χ3v) is 5.85. The smallest absolute Gasteiger partial charge is 0.293 e. The summed E-state index contributed by atoms with van der Waals surface area (Å²) in [5.41, 5.74) is -0.597. The molecular formula is C15H23N3O5S. The normalized spacial score (nSPS) is 24.6. The number of hydrogen-bond donors (Lipinski definition) is 2. The zero-order valence-electron chi connectivity index (χ0n) is 13.8. The molecule has 1 aromatic carbocycles. The molecule has 1 fully saturated rings. The molecule has 0 heterocycles. The molecule has 134 valence electrons. The van der Waals surface area contributed by atoms with Gasteiger partial charge in [0.15, 0.2) is 0 Å². The molecule has 3 N–H and O–H groups in total. The van der Waals surface area contributed by atoms with Crippen LogP contribution in [0.1, 0.15) is 39.0 Å². The van der Waals surface area contributed by atoms with Gasteiger partial charge < -0.3 is 10.0 Å². The van der Waals surface area contributed by atoms with Crippen LogP contribution in [0.25, 0.3) is 0 Å². The molecular weight excluding hydrogens is 334 g/mol. The first-order valence-electron chi connectivity index (χ1n) is 7.84. The number of rotatable bonds is 5. The maximum atomic E-state index is 11.4. The number of sulfonamides is 1. The number of benzene rings is 1. The zero-order chi connectivity index (χ0) is 18.1. The van der Waals surface area contributed by atoms with Crippen molar-refractivity contribution in [2.24, 2.45) is 5.14 Å². The van der Waals surface area contributed by atoms with Crippen molar-refractivity contribution in [3.05, 3.63) is 28.3 Å². The van der Waals surface area contributed by atoms with Gasteiger partial charge >= 0.3 is 0 Å². The van der Waals surface area contributed by atoms with Crippen molar-refractivity contribution in [3.63, 3.8) is 0 Å². The summed E-state index contributed by atoms with van der Waals surface area (Å²) in [6, 6.07) is 3.74. The predicted molar refractivity (Wildman–Crippen MR) is 90.4 cm³/mol. The van der Waals surface area contributed by atoms with Crippen LogP contribution in [0.5, 0.6) is 0 Å². The van der Waals surface area contributed by atoms with Gasteiger partial charge in [0, 0.05) is 19.2 Å². The SMILES string of the molecule is CCC1(O)CCC(N(C)c2ccc(S(N)(=O)=O)cc2[N+](=O)[O-])CC1. The van der Waals surface area contributed by atoms with Gasteiger partial charge in [-0.3, -0.25) is 10.1 Å². The minimum atomic E-state index is -4.00. The van der Waals surface area contributed by atoms with Gasteiger partial charge in [0.25, 0.3) is 5.69 Å². The van der Waals surface area contributed by atoms with Gasteiger partial charge in [-0.15, -0.1) is 0 Å². The molecule has 0 radical (unpaired) electrons. The van der Waals surface area contributed by atoms with Gasteiger partial charge in [-0.05, 0) is 44.2 Å². The maximum absolute atomic E-state index is 11.4. The van der Waals surface area contributed by atoms with Gasteiger partial charge in [-0.25, -0.2) is 13.6 Å². The minimum Gasteiger partial charge on any atom is -0.390 e. The second kappa shape index (κ2) is 6.66. The van der Waals surface area contributed by atoms with E-state index in [9.17, 15) is 23.6 Å². The van der Waals surface area contributed by atoms with Crippen LogP contribution in [0.3, 0.4) is 0 Å². The van der Waals surface area contributed by atoms with Crippen molar-refractivity contribution < 1.29 is 18.4 Å². The molecule has 1 aliphatic carbocycles. The number of primary sulfonamides is 1. The lowest BCUT2D eigenvalue weighted by molar-refractivity contribution is -0.384. The van der Waals surface area contributed by atoms with E-state index in [4.69, 9.17) is 5.14 Å². The van der Waals surface area contributed by atoms with Crippen LogP contribution in [-0.2, 0) is 10.0 Å². The first-order valence-corrected chi connectivity index (χ1v) is 9.38. The van der Waals surface area contributed by atoms with Crippen LogP contribution in [0, 0.1) is 10.1 Å². The maximum Gasteiger partial charge on any atom is 0.293 e. The highest BCUT2D eigenvalue weighted by molar-refractivity contribution is 7.89. The molecule has 1 aliphatic rings. The molecule has 9 heteroatoms. The summed E-state index contributed by atoms with van der Waals surface area (Å²) in [4.78, 5) is 12.2. The molecule has 0 amide bonds. The molecule has 1 aromatic rings. The zero-order valence-corrected chi connectivity index (χ0v) is 14.6. The Bertz CT molecular complexity index is 727. The van der Waals surface area contributed by atoms with Crippen molar-refractivity contribution >= 4 is 21.4 Å². The number of anilines is 1. The first-order chi connectivity index (χ1) is 11.1. The first kappa shape index (κ1) is 18.6. The Kier molecular flexibility index (Phi) is 5.17. The van der Waals surface area contributed by atoms with E-state index in [1.807, 2.05) is 6.92 Å². The van der Waals surface area contributed by atoms with Crippen LogP contribution in [0.4, 0.5) is 11.4 Å². The van der Waals surface area contributed by atoms with Crippen molar-refractivity contribution in [1.82, 2.24) is 0 Å².